The minimum Gasteiger partial charge on any atom is -0.253 e. The Labute approximate surface area is 249 Å². The number of hydrogen-bond acceptors (Lipinski definition) is 10. The first-order valence-corrected chi connectivity index (χ1v) is 12.5. The molecule has 2 heterocycles. The number of hydrogen-bond donors (Lipinski definition) is 0. The summed E-state index contributed by atoms with van der Waals surface area (Å²) in [5.41, 5.74) is 1.53. The van der Waals surface area contributed by atoms with Gasteiger partial charge in [-0.25, -0.2) is 0 Å². The van der Waals surface area contributed by atoms with Gasteiger partial charge < -0.3 is 0 Å². The lowest BCUT2D eigenvalue weighted by molar-refractivity contribution is 1.32. The van der Waals surface area contributed by atoms with Crippen molar-refractivity contribution in [3.05, 3.63) is 116 Å². The van der Waals surface area contributed by atoms with Crippen molar-refractivity contribution >= 4 is 33.0 Å². The van der Waals surface area contributed by atoms with E-state index in [1.165, 1.54) is 36.7 Å². The molecule has 0 radical (unpaired) electrons. The highest BCUT2D eigenvalue weighted by molar-refractivity contribution is 6.03. The molecule has 5 rings (SSSR count). The van der Waals surface area contributed by atoms with Crippen molar-refractivity contribution in [3.63, 3.8) is 0 Å². The Kier molecular flexibility index (Phi) is 7.13. The van der Waals surface area contributed by atoms with Crippen molar-refractivity contribution in [3.8, 4) is 48.6 Å². The van der Waals surface area contributed by atoms with Gasteiger partial charge in [-0.05, 0) is 36.4 Å². The summed E-state index contributed by atoms with van der Waals surface area (Å²) in [6.07, 6.45) is 2.86. The van der Waals surface area contributed by atoms with Crippen LogP contribution in [0, 0.1) is 90.6 Å². The van der Waals surface area contributed by atoms with Crippen LogP contribution in [0.5, 0.6) is 0 Å². The monoisotopic (exact) mass is 558 g/mol. The highest BCUT2D eigenvalue weighted by Crippen LogP contribution is 2.26. The van der Waals surface area contributed by atoms with Gasteiger partial charge in [-0.1, -0.05) is 12.1 Å². The van der Waals surface area contributed by atoms with E-state index in [0.717, 1.165) is 0 Å². The maximum atomic E-state index is 10.1. The van der Waals surface area contributed by atoms with Crippen LogP contribution in [0.15, 0.2) is 60.9 Å². The number of nitrogens with zero attached hydrogens (tertiary/aromatic N) is 10. The average molecular weight is 559 g/mol. The number of aromatic nitrogens is 2. The highest BCUT2D eigenvalue weighted by atomic mass is 14.7. The fourth-order valence-electron chi connectivity index (χ4n) is 4.90. The fraction of sp³-hybridized carbons (Fsp3) is 0. The molecule has 196 valence electrons. The van der Waals surface area contributed by atoms with Crippen molar-refractivity contribution in [2.75, 3.05) is 0 Å². The Bertz CT molecular complexity index is 2340. The molecule has 0 saturated heterocycles. The van der Waals surface area contributed by atoms with Crippen LogP contribution in [0.1, 0.15) is 44.5 Å². The largest absolute Gasteiger partial charge is 0.253 e. The number of benzene rings is 3. The van der Waals surface area contributed by atoms with Gasteiger partial charge >= 0.3 is 0 Å². The number of nitriles is 8. The zero-order chi connectivity index (χ0) is 31.4. The van der Waals surface area contributed by atoms with Crippen LogP contribution >= 0.6 is 0 Å². The minimum absolute atomic E-state index is 0.0101. The topological polar surface area (TPSA) is 216 Å². The summed E-state index contributed by atoms with van der Waals surface area (Å²) in [5, 5.41) is 79.3. The van der Waals surface area contributed by atoms with E-state index in [4.69, 9.17) is 0 Å². The Morgan fingerprint density at radius 1 is 0.455 bits per heavy atom. The molecule has 0 aliphatic heterocycles. The summed E-state index contributed by atoms with van der Waals surface area (Å²) in [4.78, 5) is 9.07. The Hall–Kier alpha value is -7.86. The Balaban J connectivity index is 1.77. The van der Waals surface area contributed by atoms with Gasteiger partial charge in [0.15, 0.2) is 0 Å². The van der Waals surface area contributed by atoms with Crippen LogP contribution in [-0.2, 0) is 0 Å². The third kappa shape index (κ3) is 4.51. The van der Waals surface area contributed by atoms with E-state index in [-0.39, 0.29) is 55.7 Å². The van der Waals surface area contributed by atoms with Crippen LogP contribution in [0.2, 0.25) is 0 Å². The van der Waals surface area contributed by atoms with Gasteiger partial charge in [0.25, 0.3) is 0 Å². The van der Waals surface area contributed by atoms with Crippen LogP contribution in [0.25, 0.3) is 33.0 Å². The molecule has 2 aromatic heterocycles. The molecule has 0 fully saturated rings. The van der Waals surface area contributed by atoms with E-state index in [0.29, 0.717) is 32.2 Å². The summed E-state index contributed by atoms with van der Waals surface area (Å²) in [7, 11) is 0. The van der Waals surface area contributed by atoms with E-state index in [9.17, 15) is 42.1 Å². The second-order valence-electron chi connectivity index (χ2n) is 9.19. The molecule has 0 saturated carbocycles. The standard InChI is InChI=1S/C34H10N10/c35-9-19-3-23(11-37)31(24(4-19)12-38)29(15-41)27-7-21-1-2-22-8-28(18-44-34(22)33(21)43-17-27)30(16-42)32-25(13-39)5-20(10-36)6-26(32)14-40/h1-8,17-18H/b29-27-,30-28+. The first-order chi connectivity index (χ1) is 21.4. The van der Waals surface area contributed by atoms with E-state index in [2.05, 4.69) is 22.1 Å². The zero-order valence-corrected chi connectivity index (χ0v) is 22.2. The predicted octanol–water partition coefficient (Wildman–Crippen LogP) is 3.46. The summed E-state index contributed by atoms with van der Waals surface area (Å²) < 4.78 is 0. The van der Waals surface area contributed by atoms with Crippen LogP contribution in [0.4, 0.5) is 0 Å². The zero-order valence-electron chi connectivity index (χ0n) is 22.2. The van der Waals surface area contributed by atoms with Crippen LogP contribution < -0.4 is 10.4 Å². The van der Waals surface area contributed by atoms with E-state index in [1.54, 1.807) is 24.3 Å². The lowest BCUT2D eigenvalue weighted by atomic mass is 9.92. The van der Waals surface area contributed by atoms with Crippen molar-refractivity contribution < 1.29 is 0 Å². The van der Waals surface area contributed by atoms with Gasteiger partial charge in [0.1, 0.15) is 12.1 Å². The lowest BCUT2D eigenvalue weighted by Gasteiger charge is -2.08. The summed E-state index contributed by atoms with van der Waals surface area (Å²) >= 11 is 0. The third-order valence-corrected chi connectivity index (χ3v) is 6.82. The van der Waals surface area contributed by atoms with E-state index in [1.807, 2.05) is 36.4 Å². The second-order valence-corrected chi connectivity index (χ2v) is 9.19. The summed E-state index contributed by atoms with van der Waals surface area (Å²) in [5.74, 6) is 0. The number of fused-ring (bicyclic) bond motifs is 3. The number of rotatable bonds is 2. The molecule has 3 aromatic carbocycles. The van der Waals surface area contributed by atoms with Crippen molar-refractivity contribution in [2.45, 2.75) is 0 Å². The number of pyridine rings is 2. The van der Waals surface area contributed by atoms with Gasteiger partial charge in [-0.3, -0.25) is 9.97 Å². The Morgan fingerprint density at radius 2 is 0.795 bits per heavy atom. The lowest BCUT2D eigenvalue weighted by Crippen LogP contribution is -2.11. The molecule has 0 unspecified atom stereocenters. The van der Waals surface area contributed by atoms with Gasteiger partial charge in [0.05, 0.1) is 92.0 Å². The molecule has 10 heteroatoms. The van der Waals surface area contributed by atoms with Gasteiger partial charge in [0.2, 0.25) is 0 Å². The van der Waals surface area contributed by atoms with Gasteiger partial charge in [-0.2, -0.15) is 42.1 Å². The first-order valence-electron chi connectivity index (χ1n) is 12.5. The Morgan fingerprint density at radius 3 is 1.07 bits per heavy atom. The molecule has 0 atom stereocenters. The van der Waals surface area contributed by atoms with Crippen molar-refractivity contribution in [1.29, 1.82) is 42.1 Å². The van der Waals surface area contributed by atoms with Gasteiger partial charge in [-0.15, -0.1) is 0 Å². The summed E-state index contributed by atoms with van der Waals surface area (Å²) in [6.45, 7) is 0. The summed E-state index contributed by atoms with van der Waals surface area (Å²) in [6, 6.07) is 27.9. The first kappa shape index (κ1) is 27.7. The minimum atomic E-state index is 0.0101. The van der Waals surface area contributed by atoms with Crippen molar-refractivity contribution in [1.82, 2.24) is 9.97 Å². The smallest absolute Gasteiger partial charge is 0.101 e. The third-order valence-electron chi connectivity index (χ3n) is 6.82. The molecule has 0 aliphatic carbocycles. The average Bonchev–Trinajstić information content (AvgIpc) is 3.08. The molecule has 0 spiro atoms. The predicted molar refractivity (Wildman–Crippen MR) is 154 cm³/mol. The maximum Gasteiger partial charge on any atom is 0.101 e. The molecule has 5 aromatic rings. The molecule has 10 nitrogen and oxygen atoms in total. The molecule has 0 aliphatic rings. The second kappa shape index (κ2) is 11.3. The van der Waals surface area contributed by atoms with E-state index >= 15 is 0 Å². The molecule has 0 N–H and O–H groups in total. The molecular weight excluding hydrogens is 548 g/mol. The van der Waals surface area contributed by atoms with E-state index < -0.39 is 0 Å². The quantitative estimate of drug-likeness (QED) is 0.287. The van der Waals surface area contributed by atoms with Crippen molar-refractivity contribution in [2.24, 2.45) is 0 Å². The fourth-order valence-corrected chi connectivity index (χ4v) is 4.90. The van der Waals surface area contributed by atoms with Crippen LogP contribution in [0.3, 0.4) is 0 Å². The van der Waals surface area contributed by atoms with Crippen LogP contribution in [-0.4, -0.2) is 9.97 Å². The molecule has 44 heavy (non-hydrogen) atoms. The molecule has 0 bridgehead atoms. The SMILES string of the molecule is N#C/C(c1c(C#N)cc(C#N)cc1C#N)=c1\cnc2c(ccc3c/c(=C(\C#N)c4c(C#N)cc(C#N)cc4C#N)cnc32)c1. The maximum absolute atomic E-state index is 10.1. The normalized spacial score (nSPS) is 11.3. The van der Waals surface area contributed by atoms with Gasteiger partial charge in [0, 0.05) is 44.7 Å². The molecule has 0 amide bonds. The highest BCUT2D eigenvalue weighted by Gasteiger charge is 2.18. The molecular formula is C34H10N10.